The molecule has 20 heavy (non-hydrogen) atoms. The molecule has 0 aliphatic heterocycles. The van der Waals surface area contributed by atoms with E-state index in [1.165, 1.54) is 0 Å². The normalized spacial score (nSPS) is 14.2. The summed E-state index contributed by atoms with van der Waals surface area (Å²) in [6.07, 6.45) is 0.518. The Morgan fingerprint density at radius 2 is 1.80 bits per heavy atom. The van der Waals surface area contributed by atoms with Crippen molar-refractivity contribution in [2.45, 2.75) is 32.7 Å². The van der Waals surface area contributed by atoms with Crippen molar-refractivity contribution >= 4 is 5.97 Å². The van der Waals surface area contributed by atoms with E-state index in [1.807, 2.05) is 37.3 Å². The summed E-state index contributed by atoms with van der Waals surface area (Å²) in [7, 11) is 0. The third-order valence-electron chi connectivity index (χ3n) is 3.91. The van der Waals surface area contributed by atoms with E-state index in [-0.39, 0.29) is 0 Å². The molecule has 1 aromatic rings. The SMILES string of the molecule is CCN(CC)CCNC(CC)(C(=O)O)c1ccccc1. The largest absolute Gasteiger partial charge is 0.480 e. The summed E-state index contributed by atoms with van der Waals surface area (Å²) in [5.41, 5.74) is -0.177. The summed E-state index contributed by atoms with van der Waals surface area (Å²) < 4.78 is 0. The fourth-order valence-electron chi connectivity index (χ4n) is 2.47. The Balaban J connectivity index is 2.83. The Morgan fingerprint density at radius 1 is 1.20 bits per heavy atom. The highest BCUT2D eigenvalue weighted by molar-refractivity contribution is 5.80. The predicted octanol–water partition coefficient (Wildman–Crippen LogP) is 2.31. The van der Waals surface area contributed by atoms with Crippen LogP contribution in [-0.4, -0.2) is 42.2 Å². The van der Waals surface area contributed by atoms with Crippen molar-refractivity contribution in [2.75, 3.05) is 26.2 Å². The van der Waals surface area contributed by atoms with Crippen molar-refractivity contribution in [1.82, 2.24) is 10.2 Å². The van der Waals surface area contributed by atoms with Crippen LogP contribution < -0.4 is 5.32 Å². The third-order valence-corrected chi connectivity index (χ3v) is 3.91. The van der Waals surface area contributed by atoms with Crippen LogP contribution in [0.3, 0.4) is 0 Å². The van der Waals surface area contributed by atoms with Gasteiger partial charge < -0.3 is 10.0 Å². The molecule has 0 aliphatic carbocycles. The number of benzene rings is 1. The van der Waals surface area contributed by atoms with Crippen LogP contribution in [0.5, 0.6) is 0 Å². The van der Waals surface area contributed by atoms with Gasteiger partial charge in [-0.15, -0.1) is 0 Å². The Bertz CT molecular complexity index is 404. The van der Waals surface area contributed by atoms with E-state index in [9.17, 15) is 9.90 Å². The molecule has 112 valence electrons. The molecule has 1 rings (SSSR count). The van der Waals surface area contributed by atoms with Crippen LogP contribution in [0.4, 0.5) is 0 Å². The van der Waals surface area contributed by atoms with Gasteiger partial charge in [0.2, 0.25) is 0 Å². The van der Waals surface area contributed by atoms with Gasteiger partial charge in [0.15, 0.2) is 0 Å². The van der Waals surface area contributed by atoms with Crippen molar-refractivity contribution in [2.24, 2.45) is 0 Å². The van der Waals surface area contributed by atoms with E-state index in [1.54, 1.807) is 0 Å². The molecule has 0 spiro atoms. The monoisotopic (exact) mass is 278 g/mol. The molecule has 2 N–H and O–H groups in total. The lowest BCUT2D eigenvalue weighted by molar-refractivity contribution is -0.145. The van der Waals surface area contributed by atoms with Gasteiger partial charge in [-0.2, -0.15) is 0 Å². The Morgan fingerprint density at radius 3 is 2.25 bits per heavy atom. The zero-order valence-corrected chi connectivity index (χ0v) is 12.7. The summed E-state index contributed by atoms with van der Waals surface area (Å²) in [5.74, 6) is -0.814. The van der Waals surface area contributed by atoms with E-state index >= 15 is 0 Å². The molecular formula is C16H26N2O2. The lowest BCUT2D eigenvalue weighted by atomic mass is 9.87. The van der Waals surface area contributed by atoms with Gasteiger partial charge in [0.05, 0.1) is 0 Å². The van der Waals surface area contributed by atoms with Gasteiger partial charge in [0, 0.05) is 13.1 Å². The highest BCUT2D eigenvalue weighted by Gasteiger charge is 2.37. The maximum Gasteiger partial charge on any atom is 0.328 e. The number of rotatable bonds is 9. The Hall–Kier alpha value is -1.39. The van der Waals surface area contributed by atoms with Crippen LogP contribution in [0, 0.1) is 0 Å². The van der Waals surface area contributed by atoms with Crippen LogP contribution in [0.1, 0.15) is 32.8 Å². The van der Waals surface area contributed by atoms with Crippen molar-refractivity contribution < 1.29 is 9.90 Å². The number of aliphatic carboxylic acids is 1. The van der Waals surface area contributed by atoms with Crippen molar-refractivity contribution in [3.05, 3.63) is 35.9 Å². The van der Waals surface area contributed by atoms with Crippen LogP contribution in [0.15, 0.2) is 30.3 Å². The smallest absolute Gasteiger partial charge is 0.328 e. The highest BCUT2D eigenvalue weighted by Crippen LogP contribution is 2.25. The first-order valence-corrected chi connectivity index (χ1v) is 7.37. The van der Waals surface area contributed by atoms with Gasteiger partial charge in [0.25, 0.3) is 0 Å². The highest BCUT2D eigenvalue weighted by atomic mass is 16.4. The van der Waals surface area contributed by atoms with Crippen LogP contribution in [-0.2, 0) is 10.3 Å². The van der Waals surface area contributed by atoms with Gasteiger partial charge in [-0.1, -0.05) is 51.1 Å². The molecule has 0 bridgehead atoms. The molecule has 0 radical (unpaired) electrons. The van der Waals surface area contributed by atoms with E-state index in [0.717, 1.165) is 25.2 Å². The number of hydrogen-bond donors (Lipinski definition) is 2. The minimum absolute atomic E-state index is 0.518. The number of carboxylic acids is 1. The van der Waals surface area contributed by atoms with Crippen molar-refractivity contribution in [3.8, 4) is 0 Å². The average molecular weight is 278 g/mol. The quantitative estimate of drug-likeness (QED) is 0.728. The number of carbonyl (C=O) groups is 1. The number of carboxylic acid groups (broad SMARTS) is 1. The van der Waals surface area contributed by atoms with Gasteiger partial charge in [0.1, 0.15) is 5.54 Å². The minimum Gasteiger partial charge on any atom is -0.480 e. The first-order chi connectivity index (χ1) is 9.60. The second kappa shape index (κ2) is 8.02. The number of likely N-dealkylation sites (N-methyl/N-ethyl adjacent to an activating group) is 1. The molecule has 0 saturated heterocycles. The van der Waals surface area contributed by atoms with Crippen molar-refractivity contribution in [3.63, 3.8) is 0 Å². The predicted molar refractivity (Wildman–Crippen MR) is 81.8 cm³/mol. The zero-order chi connectivity index (χ0) is 15.0. The fourth-order valence-corrected chi connectivity index (χ4v) is 2.47. The molecule has 4 heteroatoms. The lowest BCUT2D eigenvalue weighted by Crippen LogP contribution is -2.51. The third kappa shape index (κ3) is 3.81. The lowest BCUT2D eigenvalue weighted by Gasteiger charge is -2.31. The van der Waals surface area contributed by atoms with Gasteiger partial charge >= 0.3 is 5.97 Å². The molecule has 0 aliphatic rings. The molecule has 1 atom stereocenters. The fraction of sp³-hybridized carbons (Fsp3) is 0.562. The summed E-state index contributed by atoms with van der Waals surface area (Å²) in [4.78, 5) is 14.1. The summed E-state index contributed by atoms with van der Waals surface area (Å²) >= 11 is 0. The van der Waals surface area contributed by atoms with E-state index in [2.05, 4.69) is 24.1 Å². The summed E-state index contributed by atoms with van der Waals surface area (Å²) in [6, 6.07) is 9.43. The van der Waals surface area contributed by atoms with E-state index < -0.39 is 11.5 Å². The van der Waals surface area contributed by atoms with Crippen LogP contribution >= 0.6 is 0 Å². The first-order valence-electron chi connectivity index (χ1n) is 7.37. The Labute approximate surface area is 121 Å². The maximum atomic E-state index is 11.8. The molecule has 0 heterocycles. The number of nitrogens with zero attached hydrogens (tertiary/aromatic N) is 1. The second-order valence-corrected chi connectivity index (χ2v) is 4.88. The molecule has 1 aromatic carbocycles. The molecule has 4 nitrogen and oxygen atoms in total. The minimum atomic E-state index is -0.992. The standard InChI is InChI=1S/C16H26N2O2/c1-4-16(15(19)20,14-10-8-7-9-11-14)17-12-13-18(5-2)6-3/h7-11,17H,4-6,12-13H2,1-3H3,(H,19,20). The summed E-state index contributed by atoms with van der Waals surface area (Å²) in [6.45, 7) is 9.62. The topological polar surface area (TPSA) is 52.6 Å². The number of hydrogen-bond acceptors (Lipinski definition) is 3. The Kier molecular flexibility index (Phi) is 6.68. The zero-order valence-electron chi connectivity index (χ0n) is 12.7. The van der Waals surface area contributed by atoms with E-state index in [0.29, 0.717) is 13.0 Å². The van der Waals surface area contributed by atoms with Crippen LogP contribution in [0.2, 0.25) is 0 Å². The summed E-state index contributed by atoms with van der Waals surface area (Å²) in [5, 5.41) is 12.9. The number of nitrogens with one attached hydrogen (secondary N) is 1. The molecule has 1 unspecified atom stereocenters. The maximum absolute atomic E-state index is 11.8. The molecule has 0 fully saturated rings. The molecule has 0 aromatic heterocycles. The first kappa shape index (κ1) is 16.7. The van der Waals surface area contributed by atoms with Gasteiger partial charge in [-0.05, 0) is 25.1 Å². The average Bonchev–Trinajstić information content (AvgIpc) is 2.48. The second-order valence-electron chi connectivity index (χ2n) is 4.88. The molecular weight excluding hydrogens is 252 g/mol. The van der Waals surface area contributed by atoms with E-state index in [4.69, 9.17) is 0 Å². The van der Waals surface area contributed by atoms with Crippen LogP contribution in [0.25, 0.3) is 0 Å². The molecule has 0 amide bonds. The molecule has 0 saturated carbocycles. The van der Waals surface area contributed by atoms with Gasteiger partial charge in [-0.25, -0.2) is 4.79 Å². The van der Waals surface area contributed by atoms with Crippen molar-refractivity contribution in [1.29, 1.82) is 0 Å². The van der Waals surface area contributed by atoms with Gasteiger partial charge in [-0.3, -0.25) is 5.32 Å².